The van der Waals surface area contributed by atoms with Crippen LogP contribution in [-0.4, -0.2) is 54.4 Å². The zero-order valence-electron chi connectivity index (χ0n) is 17.2. The molecule has 158 valence electrons. The summed E-state index contributed by atoms with van der Waals surface area (Å²) in [6, 6.07) is 4.24. The fourth-order valence-corrected chi connectivity index (χ4v) is 4.51. The molecule has 0 N–H and O–H groups in total. The van der Waals surface area contributed by atoms with Gasteiger partial charge >= 0.3 is 0 Å². The van der Waals surface area contributed by atoms with Crippen molar-refractivity contribution in [1.82, 2.24) is 13.4 Å². The third-order valence-corrected chi connectivity index (χ3v) is 7.13. The Morgan fingerprint density at radius 2 is 2.00 bits per heavy atom. The highest BCUT2D eigenvalue weighted by Crippen LogP contribution is 2.21. The molecule has 0 bridgehead atoms. The monoisotopic (exact) mass is 421 g/mol. The van der Waals surface area contributed by atoms with Crippen LogP contribution in [0, 0.1) is 13.8 Å². The number of ketones is 1. The van der Waals surface area contributed by atoms with E-state index in [-0.39, 0.29) is 23.3 Å². The summed E-state index contributed by atoms with van der Waals surface area (Å²) in [6.45, 7) is 5.06. The maximum atomic E-state index is 12.9. The molecule has 2 aromatic rings. The molecule has 0 radical (unpaired) electrons. The van der Waals surface area contributed by atoms with Gasteiger partial charge in [-0.1, -0.05) is 0 Å². The Hall–Kier alpha value is -2.23. The van der Waals surface area contributed by atoms with Crippen molar-refractivity contribution in [3.05, 3.63) is 51.7 Å². The maximum Gasteiger partial charge on any atom is 0.251 e. The van der Waals surface area contributed by atoms with Gasteiger partial charge in [0.05, 0.1) is 17.5 Å². The third kappa shape index (κ3) is 4.36. The molecule has 3 rings (SSSR count). The highest BCUT2D eigenvalue weighted by Gasteiger charge is 2.22. The van der Waals surface area contributed by atoms with Crippen molar-refractivity contribution >= 4 is 15.8 Å². The number of hydrogen-bond acceptors (Lipinski definition) is 5. The number of hydrogen-bond donors (Lipinski definition) is 0. The van der Waals surface area contributed by atoms with E-state index in [1.165, 1.54) is 32.4 Å². The number of aromatic nitrogens is 2. The summed E-state index contributed by atoms with van der Waals surface area (Å²) in [7, 11) is -0.865. The lowest BCUT2D eigenvalue weighted by atomic mass is 10.1. The van der Waals surface area contributed by atoms with Crippen molar-refractivity contribution in [2.24, 2.45) is 0 Å². The first-order chi connectivity index (χ1) is 13.6. The Morgan fingerprint density at radius 3 is 2.62 bits per heavy atom. The number of carbonyl (C=O) groups excluding carboxylic acids is 1. The smallest absolute Gasteiger partial charge is 0.251 e. The van der Waals surface area contributed by atoms with E-state index in [2.05, 4.69) is 4.57 Å². The van der Waals surface area contributed by atoms with Crippen LogP contribution in [0.3, 0.4) is 0 Å². The molecule has 0 aromatic carbocycles. The molecule has 8 nitrogen and oxygen atoms in total. The normalized spacial score (nSPS) is 17.2. The van der Waals surface area contributed by atoms with Crippen LogP contribution in [0.4, 0.5) is 0 Å². The van der Waals surface area contributed by atoms with Gasteiger partial charge in [0.1, 0.15) is 0 Å². The summed E-state index contributed by atoms with van der Waals surface area (Å²) in [6.07, 6.45) is 3.42. The number of ether oxygens (including phenoxy) is 1. The molecule has 1 atom stereocenters. The maximum absolute atomic E-state index is 12.9. The molecule has 3 heterocycles. The van der Waals surface area contributed by atoms with Crippen LogP contribution < -0.4 is 5.56 Å². The molecule has 9 heteroatoms. The van der Waals surface area contributed by atoms with Gasteiger partial charge in [-0.05, 0) is 38.8 Å². The van der Waals surface area contributed by atoms with Gasteiger partial charge in [0.25, 0.3) is 5.56 Å². The lowest BCUT2D eigenvalue weighted by molar-refractivity contribution is 0.0948. The van der Waals surface area contributed by atoms with Crippen molar-refractivity contribution in [2.75, 3.05) is 20.7 Å². The fourth-order valence-electron chi connectivity index (χ4n) is 3.59. The minimum atomic E-state index is -3.70. The zero-order chi connectivity index (χ0) is 21.3. The van der Waals surface area contributed by atoms with Gasteiger partial charge < -0.3 is 13.9 Å². The quantitative estimate of drug-likeness (QED) is 0.633. The van der Waals surface area contributed by atoms with Crippen molar-refractivity contribution in [3.63, 3.8) is 0 Å². The van der Waals surface area contributed by atoms with Crippen LogP contribution in [0.5, 0.6) is 0 Å². The van der Waals surface area contributed by atoms with Crippen LogP contribution in [0.2, 0.25) is 0 Å². The van der Waals surface area contributed by atoms with Gasteiger partial charge in [0, 0.05) is 56.5 Å². The van der Waals surface area contributed by atoms with Gasteiger partial charge in [0.15, 0.2) is 5.78 Å². The van der Waals surface area contributed by atoms with Crippen LogP contribution in [0.25, 0.3) is 0 Å². The highest BCUT2D eigenvalue weighted by molar-refractivity contribution is 7.89. The summed E-state index contributed by atoms with van der Waals surface area (Å²) in [5, 5.41) is 0. The minimum absolute atomic E-state index is 0.0289. The van der Waals surface area contributed by atoms with Gasteiger partial charge in [-0.2, -0.15) is 0 Å². The van der Waals surface area contributed by atoms with Crippen molar-refractivity contribution in [1.29, 1.82) is 0 Å². The molecular formula is C20H27N3O5S. The average molecular weight is 422 g/mol. The van der Waals surface area contributed by atoms with E-state index < -0.39 is 15.6 Å². The van der Waals surface area contributed by atoms with E-state index in [0.717, 1.165) is 39.7 Å². The zero-order valence-corrected chi connectivity index (χ0v) is 18.0. The van der Waals surface area contributed by atoms with Crippen LogP contribution in [-0.2, 0) is 27.8 Å². The molecule has 1 aliphatic heterocycles. The molecule has 0 saturated carbocycles. The van der Waals surface area contributed by atoms with Crippen LogP contribution in [0.15, 0.2) is 34.1 Å². The summed E-state index contributed by atoms with van der Waals surface area (Å²) >= 11 is 0. The number of nitrogens with zero attached hydrogens (tertiary/aromatic N) is 3. The molecule has 1 unspecified atom stereocenters. The number of sulfonamides is 1. The SMILES string of the molecule is Cc1cc(C(=O)Cn2cc(S(=O)(=O)N(C)C)ccc2=O)c(C)n1CC1CCCO1. The van der Waals surface area contributed by atoms with Crippen LogP contribution >= 0.6 is 0 Å². The van der Waals surface area contributed by atoms with Gasteiger partial charge in [-0.15, -0.1) is 0 Å². The molecule has 1 aliphatic rings. The predicted molar refractivity (Wildman–Crippen MR) is 109 cm³/mol. The number of aryl methyl sites for hydroxylation is 1. The van der Waals surface area contributed by atoms with Gasteiger partial charge in [-0.3, -0.25) is 9.59 Å². The van der Waals surface area contributed by atoms with Gasteiger partial charge in [0.2, 0.25) is 10.0 Å². The molecule has 1 fully saturated rings. The lowest BCUT2D eigenvalue weighted by Gasteiger charge is -2.15. The molecule has 0 amide bonds. The Kier molecular flexibility index (Phi) is 6.11. The first-order valence-corrected chi connectivity index (χ1v) is 11.0. The lowest BCUT2D eigenvalue weighted by Crippen LogP contribution is -2.27. The van der Waals surface area contributed by atoms with E-state index in [0.29, 0.717) is 12.1 Å². The van der Waals surface area contributed by atoms with Crippen LogP contribution in [0.1, 0.15) is 34.6 Å². The number of carbonyl (C=O) groups is 1. The third-order valence-electron chi connectivity index (χ3n) is 5.33. The van der Waals surface area contributed by atoms with E-state index >= 15 is 0 Å². The molecular weight excluding hydrogens is 394 g/mol. The average Bonchev–Trinajstić information content (AvgIpc) is 3.27. The summed E-state index contributed by atoms with van der Waals surface area (Å²) in [5.74, 6) is -0.238. The van der Waals surface area contributed by atoms with Crippen molar-refractivity contribution < 1.29 is 17.9 Å². The molecule has 0 aliphatic carbocycles. The molecule has 2 aromatic heterocycles. The largest absolute Gasteiger partial charge is 0.376 e. The number of pyridine rings is 1. The Bertz CT molecular complexity index is 1080. The van der Waals surface area contributed by atoms with E-state index in [1.807, 2.05) is 19.9 Å². The van der Waals surface area contributed by atoms with Crippen molar-refractivity contribution in [3.8, 4) is 0 Å². The van der Waals surface area contributed by atoms with E-state index in [1.54, 1.807) is 0 Å². The number of Topliss-reactive ketones (excluding diaryl/α,β-unsaturated/α-hetero) is 1. The highest BCUT2D eigenvalue weighted by atomic mass is 32.2. The first-order valence-electron chi connectivity index (χ1n) is 9.56. The van der Waals surface area contributed by atoms with Crippen molar-refractivity contribution in [2.45, 2.75) is 50.8 Å². The topological polar surface area (TPSA) is 90.6 Å². The summed E-state index contributed by atoms with van der Waals surface area (Å²) < 4.78 is 34.6. The second kappa shape index (κ2) is 8.25. The summed E-state index contributed by atoms with van der Waals surface area (Å²) in [5.41, 5.74) is 1.89. The van der Waals surface area contributed by atoms with E-state index in [4.69, 9.17) is 4.74 Å². The van der Waals surface area contributed by atoms with Gasteiger partial charge in [-0.25, -0.2) is 12.7 Å². The minimum Gasteiger partial charge on any atom is -0.376 e. The second-order valence-electron chi connectivity index (χ2n) is 7.57. The fraction of sp³-hybridized carbons (Fsp3) is 0.500. The Morgan fingerprint density at radius 1 is 1.28 bits per heavy atom. The second-order valence-corrected chi connectivity index (χ2v) is 9.72. The standard InChI is InChI=1S/C20H27N3O5S/c1-14-10-18(15(2)23(14)11-16-6-5-9-28-16)19(24)13-22-12-17(7-8-20(22)25)29(26,27)21(3)4/h7-8,10,12,16H,5-6,9,11,13H2,1-4H3. The molecule has 29 heavy (non-hydrogen) atoms. The molecule has 1 saturated heterocycles. The Labute approximate surface area is 170 Å². The Balaban J connectivity index is 1.86. The van der Waals surface area contributed by atoms with E-state index in [9.17, 15) is 18.0 Å². The molecule has 0 spiro atoms. The first kappa shape index (κ1) is 21.5. The predicted octanol–water partition coefficient (Wildman–Crippen LogP) is 1.58. The summed E-state index contributed by atoms with van der Waals surface area (Å²) in [4.78, 5) is 25.1. The number of rotatable bonds is 7.